The van der Waals surface area contributed by atoms with Gasteiger partial charge >= 0.3 is 0 Å². The van der Waals surface area contributed by atoms with E-state index in [0.29, 0.717) is 18.7 Å². The Morgan fingerprint density at radius 3 is 2.63 bits per heavy atom. The Hall–Kier alpha value is -2.31. The van der Waals surface area contributed by atoms with Crippen LogP contribution in [0.3, 0.4) is 0 Å². The van der Waals surface area contributed by atoms with Gasteiger partial charge in [0.1, 0.15) is 30.1 Å². The first-order valence-corrected chi connectivity index (χ1v) is 8.58. The number of hydrogen-bond donors (Lipinski definition) is 5. The molecule has 0 radical (unpaired) electrons. The molecule has 0 unspecified atom stereocenters. The second-order valence-electron chi connectivity index (χ2n) is 6.36. The molecule has 5 atom stereocenters. The van der Waals surface area contributed by atoms with E-state index < -0.39 is 37.3 Å². The lowest BCUT2D eigenvalue weighted by Gasteiger charge is -2.39. The zero-order valence-electron chi connectivity index (χ0n) is 14.5. The zero-order valence-corrected chi connectivity index (χ0v) is 14.5. The summed E-state index contributed by atoms with van der Waals surface area (Å²) in [5.41, 5.74) is 0.432. The van der Waals surface area contributed by atoms with Gasteiger partial charge in [-0.2, -0.15) is 0 Å². The molecule has 11 heteroatoms. The smallest absolute Gasteiger partial charge is 0.222 e. The zero-order chi connectivity index (χ0) is 19.4. The predicted molar refractivity (Wildman–Crippen MR) is 89.9 cm³/mol. The molecule has 27 heavy (non-hydrogen) atoms. The van der Waals surface area contributed by atoms with E-state index in [9.17, 15) is 25.2 Å². The van der Waals surface area contributed by atoms with E-state index in [2.05, 4.69) is 15.6 Å². The van der Waals surface area contributed by atoms with Crippen LogP contribution in [0.15, 0.2) is 30.7 Å². The van der Waals surface area contributed by atoms with Gasteiger partial charge in [0.05, 0.1) is 19.3 Å². The summed E-state index contributed by atoms with van der Waals surface area (Å²) in [6, 6.07) is 3.77. The Balaban J connectivity index is 1.54. The largest absolute Gasteiger partial charge is 0.394 e. The number of aliphatic hydroxyl groups is 4. The standard InChI is InChI=1S/C16H23N5O6/c22-9-11-13(24)14(25)15(26)16(27-11)21-8-10(18-19-21)7-17-12(23)3-6-20-4-1-2-5-20/h1-2,4-5,8,11,13-16,22,24-26H,3,6-7,9H2,(H,17,23)/t11-,13-,14+,15-,16-/m1/s1. The number of nitrogens with zero attached hydrogens (tertiary/aromatic N) is 4. The summed E-state index contributed by atoms with van der Waals surface area (Å²) >= 11 is 0. The number of hydrogen-bond acceptors (Lipinski definition) is 8. The predicted octanol–water partition coefficient (Wildman–Crippen LogP) is -2.24. The molecule has 1 aliphatic rings. The number of amides is 1. The number of carbonyl (C=O) groups excluding carboxylic acids is 1. The first-order valence-electron chi connectivity index (χ1n) is 8.58. The van der Waals surface area contributed by atoms with Crippen molar-refractivity contribution in [1.82, 2.24) is 24.9 Å². The average Bonchev–Trinajstić information content (AvgIpc) is 3.35. The molecule has 1 fully saturated rings. The lowest BCUT2D eigenvalue weighted by molar-refractivity contribution is -0.254. The number of aliphatic hydroxyl groups excluding tert-OH is 4. The van der Waals surface area contributed by atoms with Crippen molar-refractivity contribution in [1.29, 1.82) is 0 Å². The number of carbonyl (C=O) groups is 1. The van der Waals surface area contributed by atoms with Crippen molar-refractivity contribution in [3.05, 3.63) is 36.4 Å². The first kappa shape index (κ1) is 19.5. The molecule has 0 bridgehead atoms. The Morgan fingerprint density at radius 2 is 1.93 bits per heavy atom. The van der Waals surface area contributed by atoms with Crippen LogP contribution in [0, 0.1) is 0 Å². The molecule has 1 aliphatic heterocycles. The molecule has 0 aromatic carbocycles. The number of aryl methyl sites for hydroxylation is 1. The molecule has 1 amide bonds. The van der Waals surface area contributed by atoms with Gasteiger partial charge in [-0.05, 0) is 12.1 Å². The summed E-state index contributed by atoms with van der Waals surface area (Å²) < 4.78 is 8.48. The number of rotatable bonds is 7. The Labute approximate surface area is 154 Å². The maximum Gasteiger partial charge on any atom is 0.222 e. The Kier molecular flexibility index (Phi) is 6.19. The van der Waals surface area contributed by atoms with Crippen molar-refractivity contribution in [3.63, 3.8) is 0 Å². The molecular weight excluding hydrogens is 358 g/mol. The molecule has 11 nitrogen and oxygen atoms in total. The van der Waals surface area contributed by atoms with Gasteiger partial charge in [0.15, 0.2) is 6.23 Å². The molecule has 2 aromatic rings. The minimum atomic E-state index is -1.50. The molecule has 148 valence electrons. The van der Waals surface area contributed by atoms with Gasteiger partial charge in [-0.15, -0.1) is 5.10 Å². The molecule has 0 spiro atoms. The molecule has 3 heterocycles. The number of ether oxygens (including phenoxy) is 1. The first-order chi connectivity index (χ1) is 13.0. The van der Waals surface area contributed by atoms with E-state index in [1.165, 1.54) is 10.9 Å². The highest BCUT2D eigenvalue weighted by atomic mass is 16.6. The van der Waals surface area contributed by atoms with Crippen molar-refractivity contribution in [2.45, 2.75) is 50.2 Å². The Morgan fingerprint density at radius 1 is 1.19 bits per heavy atom. The normalized spacial score (nSPS) is 28.2. The van der Waals surface area contributed by atoms with Crippen LogP contribution in [-0.2, 0) is 22.6 Å². The quantitative estimate of drug-likeness (QED) is 0.361. The van der Waals surface area contributed by atoms with Crippen LogP contribution in [-0.4, -0.2) is 76.9 Å². The minimum absolute atomic E-state index is 0.141. The van der Waals surface area contributed by atoms with Crippen molar-refractivity contribution in [3.8, 4) is 0 Å². The third kappa shape index (κ3) is 4.51. The van der Waals surface area contributed by atoms with Gasteiger partial charge in [-0.3, -0.25) is 4.79 Å². The second-order valence-corrected chi connectivity index (χ2v) is 6.36. The van der Waals surface area contributed by atoms with E-state index in [1.807, 2.05) is 29.1 Å². The summed E-state index contributed by atoms with van der Waals surface area (Å²) in [7, 11) is 0. The minimum Gasteiger partial charge on any atom is -0.394 e. The van der Waals surface area contributed by atoms with Crippen molar-refractivity contribution in [2.75, 3.05) is 6.61 Å². The molecule has 3 rings (SSSR count). The van der Waals surface area contributed by atoms with E-state index >= 15 is 0 Å². The van der Waals surface area contributed by atoms with Crippen molar-refractivity contribution >= 4 is 5.91 Å². The van der Waals surface area contributed by atoms with Crippen LogP contribution < -0.4 is 5.32 Å². The number of nitrogens with one attached hydrogen (secondary N) is 1. The highest BCUT2D eigenvalue weighted by molar-refractivity contribution is 5.75. The monoisotopic (exact) mass is 381 g/mol. The van der Waals surface area contributed by atoms with E-state index in [0.717, 1.165) is 0 Å². The second kappa shape index (κ2) is 8.59. The van der Waals surface area contributed by atoms with Crippen LogP contribution in [0.2, 0.25) is 0 Å². The molecule has 5 N–H and O–H groups in total. The van der Waals surface area contributed by atoms with Gasteiger partial charge in [0.2, 0.25) is 5.91 Å². The van der Waals surface area contributed by atoms with Gasteiger partial charge in [-0.1, -0.05) is 5.21 Å². The maximum atomic E-state index is 11.9. The SMILES string of the molecule is O=C(CCn1cccc1)NCc1cn([C@@H]2O[C@H](CO)[C@@H](O)[C@H](O)[C@H]2O)nn1. The fraction of sp³-hybridized carbons (Fsp3) is 0.562. The van der Waals surface area contributed by atoms with Crippen LogP contribution in [0.5, 0.6) is 0 Å². The third-order valence-corrected chi connectivity index (χ3v) is 4.42. The lowest BCUT2D eigenvalue weighted by Crippen LogP contribution is -2.56. The molecule has 1 saturated heterocycles. The van der Waals surface area contributed by atoms with E-state index in [-0.39, 0.29) is 12.5 Å². The maximum absolute atomic E-state index is 11.9. The van der Waals surface area contributed by atoms with Crippen LogP contribution in [0.1, 0.15) is 18.3 Å². The van der Waals surface area contributed by atoms with Crippen LogP contribution in [0.25, 0.3) is 0 Å². The molecule has 0 saturated carbocycles. The topological polar surface area (TPSA) is 155 Å². The summed E-state index contributed by atoms with van der Waals surface area (Å²) in [5, 5.41) is 49.4. The Bertz CT molecular complexity index is 734. The highest BCUT2D eigenvalue weighted by Gasteiger charge is 2.44. The van der Waals surface area contributed by atoms with Gasteiger partial charge < -0.3 is 35.0 Å². The molecule has 0 aliphatic carbocycles. The third-order valence-electron chi connectivity index (χ3n) is 4.42. The lowest BCUT2D eigenvalue weighted by atomic mass is 9.98. The summed E-state index contributed by atoms with van der Waals surface area (Å²) in [4.78, 5) is 11.9. The van der Waals surface area contributed by atoms with Crippen molar-refractivity contribution < 1.29 is 30.0 Å². The summed E-state index contributed by atoms with van der Waals surface area (Å²) in [6.07, 6.45) is -1.02. The molecule has 2 aromatic heterocycles. The fourth-order valence-electron chi connectivity index (χ4n) is 2.85. The number of aromatic nitrogens is 4. The summed E-state index contributed by atoms with van der Waals surface area (Å²) in [5.74, 6) is -0.147. The molecular formula is C16H23N5O6. The average molecular weight is 381 g/mol. The fourth-order valence-corrected chi connectivity index (χ4v) is 2.85. The highest BCUT2D eigenvalue weighted by Crippen LogP contribution is 2.27. The van der Waals surface area contributed by atoms with Gasteiger partial charge in [0, 0.05) is 25.4 Å². The van der Waals surface area contributed by atoms with Crippen molar-refractivity contribution in [2.24, 2.45) is 0 Å². The van der Waals surface area contributed by atoms with Crippen LogP contribution >= 0.6 is 0 Å². The summed E-state index contributed by atoms with van der Waals surface area (Å²) in [6.45, 7) is 0.179. The van der Waals surface area contributed by atoms with Crippen LogP contribution in [0.4, 0.5) is 0 Å². The van der Waals surface area contributed by atoms with Gasteiger partial charge in [0.25, 0.3) is 0 Å². The van der Waals surface area contributed by atoms with E-state index in [4.69, 9.17) is 4.74 Å². The van der Waals surface area contributed by atoms with E-state index in [1.54, 1.807) is 0 Å². The van der Waals surface area contributed by atoms with Gasteiger partial charge in [-0.25, -0.2) is 4.68 Å².